The van der Waals surface area contributed by atoms with Crippen LogP contribution in [0.1, 0.15) is 30.2 Å². The fourth-order valence-corrected chi connectivity index (χ4v) is 3.16. The summed E-state index contributed by atoms with van der Waals surface area (Å²) in [5.74, 6) is 1.13. The van der Waals surface area contributed by atoms with Gasteiger partial charge in [0.2, 0.25) is 5.91 Å². The average Bonchev–Trinajstić information content (AvgIpc) is 2.95. The molecular formula is C19H24N2O2. The zero-order valence-electron chi connectivity index (χ0n) is 13.9. The molecule has 0 saturated carbocycles. The van der Waals surface area contributed by atoms with E-state index in [1.165, 1.54) is 16.8 Å². The highest BCUT2D eigenvalue weighted by molar-refractivity contribution is 5.76. The molecule has 0 bridgehead atoms. The lowest BCUT2D eigenvalue weighted by molar-refractivity contribution is -0.132. The second kappa shape index (κ2) is 6.90. The summed E-state index contributed by atoms with van der Waals surface area (Å²) < 4.78 is 7.60. The Balaban J connectivity index is 1.53. The molecule has 3 rings (SSSR count). The van der Waals surface area contributed by atoms with Crippen molar-refractivity contribution in [1.82, 2.24) is 9.47 Å². The fraction of sp³-hybridized carbons (Fsp3) is 0.421. The Hall–Kier alpha value is -2.23. The third kappa shape index (κ3) is 3.58. The maximum Gasteiger partial charge on any atom is 0.223 e. The van der Waals surface area contributed by atoms with Crippen LogP contribution in [0.3, 0.4) is 0 Å². The SMILES string of the molecule is CCOc1ccc(CCC(=O)N2CCc3c(ccn3C)C2)cc1. The number of aromatic nitrogens is 1. The third-order valence-electron chi connectivity index (χ3n) is 4.49. The molecule has 122 valence electrons. The van der Waals surface area contributed by atoms with E-state index < -0.39 is 0 Å². The lowest BCUT2D eigenvalue weighted by atomic mass is 10.1. The van der Waals surface area contributed by atoms with E-state index in [0.29, 0.717) is 13.0 Å². The quantitative estimate of drug-likeness (QED) is 0.851. The molecule has 1 aliphatic heterocycles. The Morgan fingerprint density at radius 1 is 1.22 bits per heavy atom. The number of fused-ring (bicyclic) bond motifs is 1. The number of carbonyl (C=O) groups excluding carboxylic acids is 1. The molecule has 4 heteroatoms. The largest absolute Gasteiger partial charge is 0.494 e. The summed E-state index contributed by atoms with van der Waals surface area (Å²) in [7, 11) is 2.07. The van der Waals surface area contributed by atoms with Crippen molar-refractivity contribution < 1.29 is 9.53 Å². The van der Waals surface area contributed by atoms with E-state index in [4.69, 9.17) is 4.74 Å². The summed E-state index contributed by atoms with van der Waals surface area (Å²) in [5.41, 5.74) is 3.83. The van der Waals surface area contributed by atoms with E-state index in [1.807, 2.05) is 36.1 Å². The van der Waals surface area contributed by atoms with Crippen molar-refractivity contribution in [3.63, 3.8) is 0 Å². The average molecular weight is 312 g/mol. The summed E-state index contributed by atoms with van der Waals surface area (Å²) in [6.07, 6.45) is 4.38. The van der Waals surface area contributed by atoms with Crippen molar-refractivity contribution in [1.29, 1.82) is 0 Å². The minimum Gasteiger partial charge on any atom is -0.494 e. The molecule has 0 spiro atoms. The monoisotopic (exact) mass is 312 g/mol. The van der Waals surface area contributed by atoms with Crippen molar-refractivity contribution in [2.45, 2.75) is 32.7 Å². The Bertz CT molecular complexity index is 673. The van der Waals surface area contributed by atoms with Gasteiger partial charge in [-0.15, -0.1) is 0 Å². The number of benzene rings is 1. The van der Waals surface area contributed by atoms with Crippen LogP contribution >= 0.6 is 0 Å². The molecule has 0 fully saturated rings. The first-order chi connectivity index (χ1) is 11.2. The number of carbonyl (C=O) groups is 1. The molecule has 0 N–H and O–H groups in total. The van der Waals surface area contributed by atoms with Crippen LogP contribution in [0.2, 0.25) is 0 Å². The van der Waals surface area contributed by atoms with Crippen LogP contribution in [0.4, 0.5) is 0 Å². The van der Waals surface area contributed by atoms with E-state index >= 15 is 0 Å². The molecule has 1 aromatic carbocycles. The third-order valence-corrected chi connectivity index (χ3v) is 4.49. The molecule has 1 aliphatic rings. The zero-order valence-corrected chi connectivity index (χ0v) is 13.9. The molecule has 0 unspecified atom stereocenters. The fourth-order valence-electron chi connectivity index (χ4n) is 3.16. The first-order valence-electron chi connectivity index (χ1n) is 8.30. The maximum atomic E-state index is 12.5. The molecule has 0 saturated heterocycles. The number of nitrogens with zero attached hydrogens (tertiary/aromatic N) is 2. The number of hydrogen-bond acceptors (Lipinski definition) is 2. The van der Waals surface area contributed by atoms with Crippen LogP contribution in [-0.4, -0.2) is 28.5 Å². The molecule has 0 aliphatic carbocycles. The van der Waals surface area contributed by atoms with Crippen LogP contribution in [0.25, 0.3) is 0 Å². The number of aryl methyl sites for hydroxylation is 2. The van der Waals surface area contributed by atoms with Gasteiger partial charge in [-0.05, 0) is 42.7 Å². The molecule has 2 aromatic rings. The molecule has 4 nitrogen and oxygen atoms in total. The normalized spacial score (nSPS) is 13.7. The Morgan fingerprint density at radius 3 is 2.74 bits per heavy atom. The first kappa shape index (κ1) is 15.7. The van der Waals surface area contributed by atoms with Crippen LogP contribution in [0, 0.1) is 0 Å². The molecule has 0 radical (unpaired) electrons. The van der Waals surface area contributed by atoms with Gasteiger partial charge in [0, 0.05) is 44.9 Å². The van der Waals surface area contributed by atoms with Gasteiger partial charge in [-0.2, -0.15) is 0 Å². The lowest BCUT2D eigenvalue weighted by Crippen LogP contribution is -2.36. The maximum absolute atomic E-state index is 12.5. The van der Waals surface area contributed by atoms with E-state index in [2.05, 4.69) is 23.9 Å². The van der Waals surface area contributed by atoms with Crippen LogP contribution in [0.5, 0.6) is 5.75 Å². The molecule has 1 amide bonds. The predicted octanol–water partition coefficient (Wildman–Crippen LogP) is 2.94. The Kier molecular flexibility index (Phi) is 4.70. The highest BCUT2D eigenvalue weighted by atomic mass is 16.5. The van der Waals surface area contributed by atoms with Gasteiger partial charge in [0.15, 0.2) is 0 Å². The van der Waals surface area contributed by atoms with Gasteiger partial charge in [-0.1, -0.05) is 12.1 Å². The van der Waals surface area contributed by atoms with Gasteiger partial charge in [0.1, 0.15) is 5.75 Å². The number of rotatable bonds is 5. The second-order valence-corrected chi connectivity index (χ2v) is 6.04. The van der Waals surface area contributed by atoms with E-state index in [0.717, 1.165) is 31.7 Å². The first-order valence-corrected chi connectivity index (χ1v) is 8.30. The smallest absolute Gasteiger partial charge is 0.223 e. The Labute approximate surface area is 137 Å². The number of ether oxygens (including phenoxy) is 1. The molecule has 2 heterocycles. The van der Waals surface area contributed by atoms with Gasteiger partial charge in [-0.3, -0.25) is 4.79 Å². The molecule has 23 heavy (non-hydrogen) atoms. The Morgan fingerprint density at radius 2 is 2.00 bits per heavy atom. The van der Waals surface area contributed by atoms with Crippen LogP contribution in [0.15, 0.2) is 36.5 Å². The second-order valence-electron chi connectivity index (χ2n) is 6.04. The highest BCUT2D eigenvalue weighted by Gasteiger charge is 2.21. The topological polar surface area (TPSA) is 34.5 Å². The van der Waals surface area contributed by atoms with Crippen LogP contribution < -0.4 is 4.74 Å². The molecule has 0 atom stereocenters. The van der Waals surface area contributed by atoms with Gasteiger partial charge < -0.3 is 14.2 Å². The number of hydrogen-bond donors (Lipinski definition) is 0. The minimum absolute atomic E-state index is 0.244. The van der Waals surface area contributed by atoms with Crippen molar-refractivity contribution >= 4 is 5.91 Å². The van der Waals surface area contributed by atoms with Crippen molar-refractivity contribution in [2.75, 3.05) is 13.2 Å². The van der Waals surface area contributed by atoms with Gasteiger partial charge >= 0.3 is 0 Å². The van der Waals surface area contributed by atoms with Gasteiger partial charge in [0.05, 0.1) is 6.61 Å². The van der Waals surface area contributed by atoms with Crippen molar-refractivity contribution in [2.24, 2.45) is 7.05 Å². The summed E-state index contributed by atoms with van der Waals surface area (Å²) in [6, 6.07) is 10.2. The minimum atomic E-state index is 0.244. The molecule has 1 aromatic heterocycles. The van der Waals surface area contributed by atoms with E-state index in [-0.39, 0.29) is 5.91 Å². The standard InChI is InChI=1S/C19H24N2O2/c1-3-23-17-7-4-15(5-8-17)6-9-19(22)21-13-11-18-16(14-21)10-12-20(18)2/h4-5,7-8,10,12H,3,6,9,11,13-14H2,1-2H3. The summed E-state index contributed by atoms with van der Waals surface area (Å²) in [6.45, 7) is 4.23. The predicted molar refractivity (Wildman–Crippen MR) is 90.5 cm³/mol. The van der Waals surface area contributed by atoms with Crippen molar-refractivity contribution in [3.8, 4) is 5.75 Å². The summed E-state index contributed by atoms with van der Waals surface area (Å²) in [4.78, 5) is 14.4. The van der Waals surface area contributed by atoms with Crippen LogP contribution in [-0.2, 0) is 31.2 Å². The highest BCUT2D eigenvalue weighted by Crippen LogP contribution is 2.20. The zero-order chi connectivity index (χ0) is 16.2. The van der Waals surface area contributed by atoms with Crippen molar-refractivity contribution in [3.05, 3.63) is 53.3 Å². The summed E-state index contributed by atoms with van der Waals surface area (Å²) in [5, 5.41) is 0. The van der Waals surface area contributed by atoms with Gasteiger partial charge in [0.25, 0.3) is 0 Å². The summed E-state index contributed by atoms with van der Waals surface area (Å²) >= 11 is 0. The van der Waals surface area contributed by atoms with Gasteiger partial charge in [-0.25, -0.2) is 0 Å². The lowest BCUT2D eigenvalue weighted by Gasteiger charge is -2.28. The van der Waals surface area contributed by atoms with E-state index in [1.54, 1.807) is 0 Å². The molecular weight excluding hydrogens is 288 g/mol. The number of amides is 1. The van der Waals surface area contributed by atoms with E-state index in [9.17, 15) is 4.79 Å².